The number of aromatic nitrogens is 1. The van der Waals surface area contributed by atoms with Crippen LogP contribution in [-0.2, 0) is 19.3 Å². The average molecular weight is 672 g/mol. The summed E-state index contributed by atoms with van der Waals surface area (Å²) in [5, 5.41) is 8.41. The molecule has 3 aliphatic carbocycles. The summed E-state index contributed by atoms with van der Waals surface area (Å²) in [6.07, 6.45) is 18.2. The summed E-state index contributed by atoms with van der Waals surface area (Å²) in [7, 11) is 0. The largest absolute Gasteiger partial charge is 0.310 e. The zero-order chi connectivity index (χ0) is 33.5. The number of rotatable bonds is 3. The van der Waals surface area contributed by atoms with Crippen molar-refractivity contribution < 1.29 is 0 Å². The van der Waals surface area contributed by atoms with Gasteiger partial charge in [0.05, 0.1) is 11.2 Å². The summed E-state index contributed by atoms with van der Waals surface area (Å²) in [4.78, 5) is 1.37. The minimum absolute atomic E-state index is 0.488. The Balaban J connectivity index is 1.02. The van der Waals surface area contributed by atoms with Gasteiger partial charge in [-0.3, -0.25) is 0 Å². The van der Waals surface area contributed by atoms with Crippen molar-refractivity contribution in [2.24, 2.45) is 0 Å². The predicted octanol–water partition coefficient (Wildman–Crippen LogP) is 13.3. The molecule has 0 N–H and O–H groups in total. The summed E-state index contributed by atoms with van der Waals surface area (Å²) >= 11 is 1.91. The fourth-order valence-electron chi connectivity index (χ4n) is 9.49. The summed E-state index contributed by atoms with van der Waals surface area (Å²) in [5.41, 5.74) is 14.1. The molecule has 1 unspecified atom stereocenters. The Morgan fingerprint density at radius 2 is 1.35 bits per heavy atom. The highest BCUT2D eigenvalue weighted by molar-refractivity contribution is 7.20. The lowest BCUT2D eigenvalue weighted by atomic mass is 9.76. The van der Waals surface area contributed by atoms with Gasteiger partial charge in [-0.05, 0) is 142 Å². The molecule has 1 atom stereocenters. The molecule has 1 nitrogen and oxygen atoms in total. The van der Waals surface area contributed by atoms with Gasteiger partial charge in [0, 0.05) is 31.6 Å². The molecule has 3 aliphatic rings. The average Bonchev–Trinajstić information content (AvgIpc) is 3.61. The van der Waals surface area contributed by atoms with E-state index in [2.05, 4.69) is 150 Å². The Labute approximate surface area is 302 Å². The third-order valence-electron chi connectivity index (χ3n) is 11.9. The van der Waals surface area contributed by atoms with Crippen LogP contribution in [0.5, 0.6) is 0 Å². The van der Waals surface area contributed by atoms with Gasteiger partial charge in [-0.15, -0.1) is 11.3 Å². The molecule has 8 aromatic rings. The number of fused-ring (bicyclic) bond motifs is 12. The maximum Gasteiger partial charge on any atom is 0.0537 e. The minimum Gasteiger partial charge on any atom is -0.310 e. The first-order valence-corrected chi connectivity index (χ1v) is 19.3. The van der Waals surface area contributed by atoms with Crippen molar-refractivity contribution in [2.75, 3.05) is 0 Å². The highest BCUT2D eigenvalue weighted by Crippen LogP contribution is 2.44. The van der Waals surface area contributed by atoms with Crippen molar-refractivity contribution >= 4 is 77.7 Å². The molecule has 0 saturated heterocycles. The molecule has 0 aliphatic heterocycles. The monoisotopic (exact) mass is 671 g/mol. The van der Waals surface area contributed by atoms with E-state index < -0.39 is 0 Å². The molecule has 0 radical (unpaired) electrons. The fourth-order valence-corrected chi connectivity index (χ4v) is 10.6. The number of benzene rings is 6. The third kappa shape index (κ3) is 4.59. The highest BCUT2D eigenvalue weighted by Gasteiger charge is 2.26. The third-order valence-corrected chi connectivity index (χ3v) is 13.0. The maximum atomic E-state index is 2.55. The second-order valence-electron chi connectivity index (χ2n) is 14.6. The van der Waals surface area contributed by atoms with Crippen LogP contribution in [0.2, 0.25) is 0 Å². The van der Waals surface area contributed by atoms with Crippen molar-refractivity contribution in [1.82, 2.24) is 4.57 Å². The lowest BCUT2D eigenvalue weighted by molar-refractivity contribution is 0.590. The molecular formula is C49H37NS. The van der Waals surface area contributed by atoms with Crippen LogP contribution in [0.3, 0.4) is 0 Å². The Bertz CT molecular complexity index is 2820. The SMILES string of the molecule is C1=Cc2sc3ccc(C4=Cc5c(c6ccccc6n5-c5cccc(C6CCc7c(c8ccccc8c8ccccc78)C6)c5)CC4)cc3c2C=CC1. The van der Waals surface area contributed by atoms with E-state index in [1.54, 1.807) is 11.1 Å². The molecule has 0 bridgehead atoms. The summed E-state index contributed by atoms with van der Waals surface area (Å²) < 4.78 is 3.92. The quantitative estimate of drug-likeness (QED) is 0.165. The van der Waals surface area contributed by atoms with E-state index in [-0.39, 0.29) is 0 Å². The van der Waals surface area contributed by atoms with Crippen molar-refractivity contribution in [3.63, 3.8) is 0 Å². The van der Waals surface area contributed by atoms with Crippen LogP contribution in [0.15, 0.2) is 127 Å². The number of aryl methyl sites for hydroxylation is 2. The van der Waals surface area contributed by atoms with Crippen molar-refractivity contribution in [3.8, 4) is 5.69 Å². The Hall–Kier alpha value is -5.44. The van der Waals surface area contributed by atoms with Gasteiger partial charge >= 0.3 is 0 Å². The molecule has 0 spiro atoms. The van der Waals surface area contributed by atoms with Gasteiger partial charge in [0.15, 0.2) is 0 Å². The van der Waals surface area contributed by atoms with E-state index in [9.17, 15) is 0 Å². The van der Waals surface area contributed by atoms with E-state index in [0.717, 1.165) is 32.1 Å². The molecule has 0 amide bonds. The topological polar surface area (TPSA) is 4.93 Å². The van der Waals surface area contributed by atoms with Crippen LogP contribution in [0.4, 0.5) is 0 Å². The molecule has 2 aromatic heterocycles. The smallest absolute Gasteiger partial charge is 0.0537 e. The zero-order valence-electron chi connectivity index (χ0n) is 28.5. The molecule has 0 saturated carbocycles. The minimum atomic E-state index is 0.488. The van der Waals surface area contributed by atoms with E-state index in [0.29, 0.717) is 5.92 Å². The second kappa shape index (κ2) is 11.5. The molecule has 6 aromatic carbocycles. The number of para-hydroxylation sites is 1. The standard InChI is InChI=1S/C49H37NS/c1-2-18-43-45-29-33(23-26-49(45)51-48(43)20-3-1)34-22-25-42-41-17-8-9-19-46(41)50(47(42)30-34)35-12-10-11-31(27-35)32-21-24-40-38-15-5-4-13-36(38)37-14-6-7-16-39(37)44(40)28-32/h2-20,23,26-27,29-30,32H,1,21-22,24-25,28H2. The first-order valence-electron chi connectivity index (χ1n) is 18.5. The number of nitrogens with zero attached hydrogens (tertiary/aromatic N) is 1. The van der Waals surface area contributed by atoms with E-state index in [1.807, 2.05) is 11.3 Å². The van der Waals surface area contributed by atoms with Gasteiger partial charge in [-0.1, -0.05) is 103 Å². The Morgan fingerprint density at radius 1 is 0.588 bits per heavy atom. The van der Waals surface area contributed by atoms with Crippen molar-refractivity contribution in [3.05, 3.63) is 171 Å². The van der Waals surface area contributed by atoms with E-state index >= 15 is 0 Å². The number of allylic oxidation sites excluding steroid dienone is 3. The molecular weight excluding hydrogens is 635 g/mol. The van der Waals surface area contributed by atoms with Crippen LogP contribution in [-0.4, -0.2) is 4.57 Å². The van der Waals surface area contributed by atoms with Gasteiger partial charge in [0.1, 0.15) is 0 Å². The second-order valence-corrected chi connectivity index (χ2v) is 15.7. The zero-order valence-corrected chi connectivity index (χ0v) is 29.3. The van der Waals surface area contributed by atoms with Crippen molar-refractivity contribution in [1.29, 1.82) is 0 Å². The molecule has 2 heteroatoms. The van der Waals surface area contributed by atoms with Crippen LogP contribution < -0.4 is 0 Å². The predicted molar refractivity (Wildman–Crippen MR) is 220 cm³/mol. The van der Waals surface area contributed by atoms with Crippen LogP contribution in [0, 0.1) is 0 Å². The number of hydrogen-bond acceptors (Lipinski definition) is 1. The van der Waals surface area contributed by atoms with Gasteiger partial charge in [0.25, 0.3) is 0 Å². The lowest BCUT2D eigenvalue weighted by Gasteiger charge is -2.28. The van der Waals surface area contributed by atoms with E-state index in [1.165, 1.54) is 93.0 Å². The normalized spacial score (nSPS) is 16.7. The van der Waals surface area contributed by atoms with Gasteiger partial charge in [-0.25, -0.2) is 0 Å². The summed E-state index contributed by atoms with van der Waals surface area (Å²) in [5.74, 6) is 0.488. The fraction of sp³-hybridized carbons (Fsp3) is 0.143. The van der Waals surface area contributed by atoms with Crippen molar-refractivity contribution in [2.45, 2.75) is 44.4 Å². The van der Waals surface area contributed by atoms with Gasteiger partial charge in [-0.2, -0.15) is 0 Å². The molecule has 51 heavy (non-hydrogen) atoms. The van der Waals surface area contributed by atoms with Crippen LogP contribution >= 0.6 is 11.3 Å². The van der Waals surface area contributed by atoms with Gasteiger partial charge in [0.2, 0.25) is 0 Å². The van der Waals surface area contributed by atoms with E-state index in [4.69, 9.17) is 0 Å². The first-order chi connectivity index (χ1) is 25.3. The van der Waals surface area contributed by atoms with Gasteiger partial charge < -0.3 is 4.57 Å². The lowest BCUT2D eigenvalue weighted by Crippen LogP contribution is -2.14. The summed E-state index contributed by atoms with van der Waals surface area (Å²) in [6, 6.07) is 43.8. The molecule has 244 valence electrons. The maximum absolute atomic E-state index is 2.55. The first kappa shape index (κ1) is 29.3. The Kier molecular flexibility index (Phi) is 6.64. The van der Waals surface area contributed by atoms with Crippen LogP contribution in [0.25, 0.3) is 72.0 Å². The number of thiophene rings is 1. The highest BCUT2D eigenvalue weighted by atomic mass is 32.1. The summed E-state index contributed by atoms with van der Waals surface area (Å²) in [6.45, 7) is 0. The number of hydrogen-bond donors (Lipinski definition) is 0. The molecule has 2 heterocycles. The van der Waals surface area contributed by atoms with Crippen LogP contribution in [0.1, 0.15) is 69.1 Å². The Morgan fingerprint density at radius 3 is 2.22 bits per heavy atom. The molecule has 11 rings (SSSR count). The molecule has 0 fully saturated rings.